The second-order valence-electron chi connectivity index (χ2n) is 25.5. The lowest BCUT2D eigenvalue weighted by atomic mass is 9.45. The van der Waals surface area contributed by atoms with Gasteiger partial charge in [0.2, 0.25) is 0 Å². The van der Waals surface area contributed by atoms with E-state index in [1.54, 1.807) is 39.3 Å². The number of esters is 2. The summed E-state index contributed by atoms with van der Waals surface area (Å²) >= 11 is 0. The monoisotopic (exact) mass is 980 g/mol. The molecule has 66 heavy (non-hydrogen) atoms. The molecular formula is C49H85NO13Si3. The third-order valence-corrected chi connectivity index (χ3v) is 31.0. The highest BCUT2D eigenvalue weighted by molar-refractivity contribution is 6.75. The van der Waals surface area contributed by atoms with Crippen LogP contribution in [-0.2, 0) is 51.2 Å². The molecule has 4 heterocycles. The molecule has 0 unspecified atom stereocenters. The van der Waals surface area contributed by atoms with Crippen LogP contribution >= 0.6 is 0 Å². The first-order valence-corrected chi connectivity index (χ1v) is 32.7. The predicted molar refractivity (Wildman–Crippen MR) is 259 cm³/mol. The maximum absolute atomic E-state index is 15.2. The Hall–Kier alpha value is -1.62. The Morgan fingerprint density at radius 2 is 1.38 bits per heavy atom. The van der Waals surface area contributed by atoms with Crippen LogP contribution < -0.4 is 0 Å². The minimum Gasteiger partial charge on any atom is -0.459 e. The quantitative estimate of drug-likeness (QED) is 0.134. The highest BCUT2D eigenvalue weighted by atomic mass is 28.4. The molecule has 1 aromatic rings. The second-order valence-corrected chi connectivity index (χ2v) is 39.8. The summed E-state index contributed by atoms with van der Waals surface area (Å²) in [7, 11) is -6.97. The van der Waals surface area contributed by atoms with E-state index in [9.17, 15) is 9.90 Å². The Kier molecular flexibility index (Phi) is 13.9. The molecule has 2 saturated heterocycles. The lowest BCUT2D eigenvalue weighted by Crippen LogP contribution is -2.89. The molecule has 6 rings (SSSR count). The minimum atomic E-state index is -2.93. The van der Waals surface area contributed by atoms with Crippen LogP contribution in [0.3, 0.4) is 0 Å². The fourth-order valence-electron chi connectivity index (χ4n) is 10.5. The normalized spacial score (nSPS) is 38.6. The van der Waals surface area contributed by atoms with Crippen molar-refractivity contribution in [1.82, 2.24) is 4.98 Å². The van der Waals surface area contributed by atoms with Gasteiger partial charge in [0.1, 0.15) is 48.5 Å². The fourth-order valence-corrected chi connectivity index (χ4v) is 14.2. The number of carbonyl (C=O) groups excluding carboxylic acids is 2. The molecule has 4 fully saturated rings. The van der Waals surface area contributed by atoms with Crippen molar-refractivity contribution < 1.29 is 61.1 Å². The summed E-state index contributed by atoms with van der Waals surface area (Å²) in [5.74, 6) is -4.64. The molecule has 17 heteroatoms. The van der Waals surface area contributed by atoms with E-state index in [0.717, 1.165) is 0 Å². The van der Waals surface area contributed by atoms with Crippen LogP contribution in [0, 0.1) is 17.3 Å². The van der Waals surface area contributed by atoms with Crippen LogP contribution in [0.5, 0.6) is 0 Å². The summed E-state index contributed by atoms with van der Waals surface area (Å²) in [6.07, 6.45) is -4.74. The second kappa shape index (κ2) is 17.0. The van der Waals surface area contributed by atoms with Crippen molar-refractivity contribution in [3.63, 3.8) is 0 Å². The lowest BCUT2D eigenvalue weighted by molar-refractivity contribution is -0.384. The summed E-state index contributed by atoms with van der Waals surface area (Å²) in [4.78, 5) is 34.3. The molecule has 0 amide bonds. The highest BCUT2D eigenvalue weighted by Gasteiger charge is 2.91. The van der Waals surface area contributed by atoms with Crippen molar-refractivity contribution >= 4 is 36.9 Å². The van der Waals surface area contributed by atoms with Gasteiger partial charge in [-0.05, 0) is 94.2 Å². The van der Waals surface area contributed by atoms with E-state index in [-0.39, 0.29) is 40.7 Å². The molecule has 3 aliphatic heterocycles. The molecule has 13 atom stereocenters. The van der Waals surface area contributed by atoms with Crippen LogP contribution in [0.4, 0.5) is 0 Å². The van der Waals surface area contributed by atoms with Gasteiger partial charge in [0.25, 0.3) is 0 Å². The van der Waals surface area contributed by atoms with Gasteiger partial charge in [-0.25, -0.2) is 4.79 Å². The van der Waals surface area contributed by atoms with Crippen LogP contribution in [0.2, 0.25) is 54.4 Å². The molecule has 0 aromatic carbocycles. The molecule has 2 aliphatic carbocycles. The Labute approximate surface area is 398 Å². The molecular weight excluding hydrogens is 895 g/mol. The number of aliphatic hydroxyl groups is 1. The fraction of sp³-hybridized carbons (Fsp3) is 0.857. The molecule has 4 bridgehead atoms. The van der Waals surface area contributed by atoms with Crippen molar-refractivity contribution in [3.8, 4) is 0 Å². The van der Waals surface area contributed by atoms with Gasteiger partial charge in [0.05, 0.1) is 34.8 Å². The van der Waals surface area contributed by atoms with Gasteiger partial charge < -0.3 is 51.5 Å². The zero-order valence-electron chi connectivity index (χ0n) is 44.3. The third kappa shape index (κ3) is 8.39. The number of hydrogen-bond acceptors (Lipinski definition) is 14. The SMILES string of the molecule is COCO[C@@H]1[C@H]2[C@H]3OC(C)(C)O[C@H]3[C@]3(CO[Si](C)(C)C(C)(C)C)[C@@H](O[Si](C)(C)C(C)(C)C)[C@@H](O[Si](C)(C)C(C)(C)C)[C@@H]4OC(=O)[C@@H](C)[C@H](C)c5ncccc5C(=O)OC[C@]2(C)O[C@]13[C@@]4(C)O. The van der Waals surface area contributed by atoms with E-state index >= 15 is 4.79 Å². The Balaban J connectivity index is 1.83. The van der Waals surface area contributed by atoms with E-state index in [2.05, 4.69) is 107 Å². The molecule has 14 nitrogen and oxygen atoms in total. The first-order valence-electron chi connectivity index (χ1n) is 24.0. The maximum Gasteiger partial charge on any atom is 0.340 e. The first kappa shape index (κ1) is 53.7. The first-order chi connectivity index (χ1) is 29.8. The average molecular weight is 980 g/mol. The number of fused-ring (bicyclic) bond motifs is 8. The number of rotatable bonds is 10. The van der Waals surface area contributed by atoms with Crippen molar-refractivity contribution in [2.24, 2.45) is 17.3 Å². The van der Waals surface area contributed by atoms with E-state index in [0.29, 0.717) is 5.69 Å². The van der Waals surface area contributed by atoms with E-state index in [1.807, 2.05) is 27.7 Å². The Morgan fingerprint density at radius 3 is 1.94 bits per heavy atom. The number of nitrogens with zero attached hydrogens (tertiary/aromatic N) is 1. The number of ether oxygens (including phenoxy) is 7. The molecule has 1 spiro atoms. The highest BCUT2D eigenvalue weighted by Crippen LogP contribution is 2.72. The van der Waals surface area contributed by atoms with Crippen LogP contribution in [0.15, 0.2) is 18.3 Å². The minimum absolute atomic E-state index is 0.0422. The predicted octanol–water partition coefficient (Wildman–Crippen LogP) is 9.12. The number of methoxy groups -OCH3 is 1. The summed E-state index contributed by atoms with van der Waals surface area (Å²) in [6, 6.07) is 3.33. The van der Waals surface area contributed by atoms with Crippen molar-refractivity contribution in [2.75, 3.05) is 27.1 Å². The Bertz CT molecular complexity index is 1990. The largest absolute Gasteiger partial charge is 0.459 e. The summed E-state index contributed by atoms with van der Waals surface area (Å²) in [5.41, 5.74) is -6.44. The standard InChI is InChI=1S/C49H85NO13Si3/c1-29-30(2)40(51)58-37-35(61-65(19,20)43(6,7)8)39(62-66(21,22)44(9,10)11)48(27-57-64(17,18)42(3,4)5)38-34(59-45(12,13)60-38)32-36(56-28-54-16)49(48,47(37,15)53)63-46(32,14)26-55-41(52)31-24-23-25-50-33(29)31/h23-25,29-30,32,34-39,53H,26-28H2,1-22H3/t29-,30-,32+,34+,35-,36+,37-,38+,39-,46-,47-,48+,49-/m0/s1. The molecule has 5 aliphatic rings. The lowest BCUT2D eigenvalue weighted by Gasteiger charge is -2.70. The topological polar surface area (TPSA) is 160 Å². The van der Waals surface area contributed by atoms with Crippen LogP contribution in [-0.4, -0.2) is 133 Å². The van der Waals surface area contributed by atoms with Crippen molar-refractivity contribution in [1.29, 1.82) is 0 Å². The van der Waals surface area contributed by atoms with Gasteiger partial charge in [-0.15, -0.1) is 0 Å². The van der Waals surface area contributed by atoms with Crippen LogP contribution in [0.1, 0.15) is 126 Å². The van der Waals surface area contributed by atoms with Crippen molar-refractivity contribution in [2.45, 2.75) is 223 Å². The number of cyclic esters (lactones) is 1. The summed E-state index contributed by atoms with van der Waals surface area (Å²) in [6.45, 7) is 43.1. The average Bonchev–Trinajstić information content (AvgIpc) is 3.62. The van der Waals surface area contributed by atoms with Gasteiger partial charge in [-0.2, -0.15) is 0 Å². The molecule has 376 valence electrons. The van der Waals surface area contributed by atoms with Gasteiger partial charge in [-0.3, -0.25) is 9.78 Å². The third-order valence-electron chi connectivity index (χ3n) is 17.6. The molecule has 1 N–H and O–H groups in total. The number of carbonyl (C=O) groups is 2. The van der Waals surface area contributed by atoms with Crippen molar-refractivity contribution in [3.05, 3.63) is 29.6 Å². The van der Waals surface area contributed by atoms with Gasteiger partial charge in [0.15, 0.2) is 36.8 Å². The maximum atomic E-state index is 15.2. The smallest absolute Gasteiger partial charge is 0.340 e. The number of hydrogen-bond donors (Lipinski definition) is 1. The molecule has 2 saturated carbocycles. The van der Waals surface area contributed by atoms with E-state index < -0.39 is 119 Å². The zero-order chi connectivity index (χ0) is 50.0. The van der Waals surface area contributed by atoms with Gasteiger partial charge >= 0.3 is 11.9 Å². The number of aromatic nitrogens is 1. The summed E-state index contributed by atoms with van der Waals surface area (Å²) in [5, 5.41) is 13.6. The molecule has 0 radical (unpaired) electrons. The van der Waals surface area contributed by atoms with E-state index in [1.165, 1.54) is 0 Å². The Morgan fingerprint density at radius 1 is 0.803 bits per heavy atom. The zero-order valence-corrected chi connectivity index (χ0v) is 47.3. The molecule has 1 aromatic heterocycles. The number of pyridine rings is 1. The van der Waals surface area contributed by atoms with Crippen LogP contribution in [0.25, 0.3) is 0 Å². The van der Waals surface area contributed by atoms with Gasteiger partial charge in [0, 0.05) is 31.7 Å². The van der Waals surface area contributed by atoms with E-state index in [4.69, 9.17) is 46.4 Å². The summed E-state index contributed by atoms with van der Waals surface area (Å²) < 4.78 is 71.8. The van der Waals surface area contributed by atoms with Gasteiger partial charge in [-0.1, -0.05) is 76.2 Å².